The van der Waals surface area contributed by atoms with Gasteiger partial charge in [0.25, 0.3) is 0 Å². The highest BCUT2D eigenvalue weighted by molar-refractivity contribution is 5.89. The minimum Gasteiger partial charge on any atom is -0.475 e. The van der Waals surface area contributed by atoms with Gasteiger partial charge in [-0.1, -0.05) is 6.07 Å². The summed E-state index contributed by atoms with van der Waals surface area (Å²) in [4.78, 5) is 11.8. The Morgan fingerprint density at radius 1 is 1.04 bits per heavy atom. The summed E-state index contributed by atoms with van der Waals surface area (Å²) in [7, 11) is 0. The van der Waals surface area contributed by atoms with Crippen molar-refractivity contribution in [3.8, 4) is 17.1 Å². The van der Waals surface area contributed by atoms with Crippen LogP contribution in [0.25, 0.3) is 11.3 Å². The summed E-state index contributed by atoms with van der Waals surface area (Å²) in [6, 6.07) is 13.3. The molecule has 28 heavy (non-hydrogen) atoms. The first-order valence-corrected chi connectivity index (χ1v) is 8.55. The van der Waals surface area contributed by atoms with E-state index in [0.717, 1.165) is 5.56 Å². The van der Waals surface area contributed by atoms with E-state index in [-0.39, 0.29) is 24.8 Å². The van der Waals surface area contributed by atoms with Crippen LogP contribution in [0.5, 0.6) is 5.88 Å². The lowest BCUT2D eigenvalue weighted by Crippen LogP contribution is -2.32. The number of anilines is 1. The van der Waals surface area contributed by atoms with Crippen LogP contribution in [0.3, 0.4) is 0 Å². The number of nitrogens with one attached hydrogen (secondary N) is 2. The Labute approximate surface area is 160 Å². The zero-order valence-electron chi connectivity index (χ0n) is 15.1. The van der Waals surface area contributed by atoms with E-state index in [9.17, 15) is 13.6 Å². The van der Waals surface area contributed by atoms with Crippen LogP contribution in [0.4, 0.5) is 19.3 Å². The van der Waals surface area contributed by atoms with Crippen molar-refractivity contribution in [3.05, 3.63) is 71.8 Å². The number of hydrogen-bond donors (Lipinski definition) is 2. The van der Waals surface area contributed by atoms with Crippen LogP contribution in [0.2, 0.25) is 0 Å². The number of rotatable bonds is 6. The third-order valence-electron chi connectivity index (χ3n) is 3.85. The molecule has 0 fully saturated rings. The molecular formula is C20H18F2N4O2. The van der Waals surface area contributed by atoms with Crippen molar-refractivity contribution >= 4 is 11.7 Å². The van der Waals surface area contributed by atoms with E-state index in [0.29, 0.717) is 22.8 Å². The van der Waals surface area contributed by atoms with Gasteiger partial charge in [-0.25, -0.2) is 13.6 Å². The maximum atomic E-state index is 13.5. The number of aryl methyl sites for hydroxylation is 1. The molecule has 0 aliphatic carbocycles. The molecular weight excluding hydrogens is 366 g/mol. The van der Waals surface area contributed by atoms with Crippen molar-refractivity contribution in [2.75, 3.05) is 18.5 Å². The molecule has 144 valence electrons. The fourth-order valence-corrected chi connectivity index (χ4v) is 2.34. The summed E-state index contributed by atoms with van der Waals surface area (Å²) < 4.78 is 31.8. The Hall–Kier alpha value is -3.55. The van der Waals surface area contributed by atoms with Gasteiger partial charge >= 0.3 is 6.03 Å². The van der Waals surface area contributed by atoms with E-state index in [2.05, 4.69) is 20.8 Å². The smallest absolute Gasteiger partial charge is 0.319 e. The Morgan fingerprint density at radius 2 is 1.82 bits per heavy atom. The van der Waals surface area contributed by atoms with E-state index in [4.69, 9.17) is 4.74 Å². The van der Waals surface area contributed by atoms with Gasteiger partial charge in [0, 0.05) is 17.3 Å². The van der Waals surface area contributed by atoms with Crippen molar-refractivity contribution in [2.24, 2.45) is 0 Å². The van der Waals surface area contributed by atoms with Gasteiger partial charge in [0.2, 0.25) is 5.88 Å². The molecule has 0 unspecified atom stereocenters. The molecule has 0 bridgehead atoms. The maximum absolute atomic E-state index is 13.5. The second kappa shape index (κ2) is 8.90. The number of nitrogens with zero attached hydrogens (tertiary/aromatic N) is 2. The molecule has 8 heteroatoms. The second-order valence-corrected chi connectivity index (χ2v) is 5.96. The van der Waals surface area contributed by atoms with Crippen molar-refractivity contribution in [3.63, 3.8) is 0 Å². The van der Waals surface area contributed by atoms with Crippen LogP contribution in [-0.2, 0) is 0 Å². The quantitative estimate of drug-likeness (QED) is 0.632. The zero-order valence-corrected chi connectivity index (χ0v) is 15.1. The Balaban J connectivity index is 1.42. The van der Waals surface area contributed by atoms with Crippen LogP contribution >= 0.6 is 0 Å². The first-order valence-electron chi connectivity index (χ1n) is 8.55. The van der Waals surface area contributed by atoms with Gasteiger partial charge in [0.05, 0.1) is 12.2 Å². The van der Waals surface area contributed by atoms with Gasteiger partial charge in [-0.05, 0) is 55.0 Å². The Kier molecular flexibility index (Phi) is 6.11. The number of carbonyl (C=O) groups excluding carboxylic acids is 1. The number of halogens is 2. The molecule has 0 saturated carbocycles. The molecule has 0 saturated heterocycles. The van der Waals surface area contributed by atoms with E-state index >= 15 is 0 Å². The molecule has 0 spiro atoms. The molecule has 0 aliphatic rings. The second-order valence-electron chi connectivity index (χ2n) is 5.96. The molecule has 0 radical (unpaired) electrons. The fraction of sp³-hybridized carbons (Fsp3) is 0.150. The van der Waals surface area contributed by atoms with Crippen molar-refractivity contribution in [1.29, 1.82) is 0 Å². The van der Waals surface area contributed by atoms with Gasteiger partial charge in [-0.3, -0.25) is 0 Å². The molecule has 1 heterocycles. The summed E-state index contributed by atoms with van der Waals surface area (Å²) in [6.07, 6.45) is 0. The lowest BCUT2D eigenvalue weighted by atomic mass is 10.1. The predicted molar refractivity (Wildman–Crippen MR) is 101 cm³/mol. The fourth-order valence-electron chi connectivity index (χ4n) is 2.34. The van der Waals surface area contributed by atoms with E-state index in [1.807, 2.05) is 0 Å². The number of ether oxygens (including phenoxy) is 1. The average Bonchev–Trinajstić information content (AvgIpc) is 2.69. The molecule has 0 atom stereocenters. The SMILES string of the molecule is Cc1ccc(NC(=O)NCCOc2ccc(-c3ccc(F)cc3)nn2)cc1F. The van der Waals surface area contributed by atoms with E-state index in [1.165, 1.54) is 18.2 Å². The molecule has 2 N–H and O–H groups in total. The number of amides is 2. The van der Waals surface area contributed by atoms with Crippen LogP contribution in [-0.4, -0.2) is 29.4 Å². The van der Waals surface area contributed by atoms with Crippen molar-refractivity contribution < 1.29 is 18.3 Å². The third-order valence-corrected chi connectivity index (χ3v) is 3.85. The van der Waals surface area contributed by atoms with Gasteiger partial charge in [-0.2, -0.15) is 0 Å². The minimum atomic E-state index is -0.468. The summed E-state index contributed by atoms with van der Waals surface area (Å²) in [5.41, 5.74) is 2.20. The maximum Gasteiger partial charge on any atom is 0.319 e. The first kappa shape index (κ1) is 19.2. The van der Waals surface area contributed by atoms with Crippen LogP contribution < -0.4 is 15.4 Å². The Bertz CT molecular complexity index is 947. The van der Waals surface area contributed by atoms with Crippen LogP contribution in [0, 0.1) is 18.6 Å². The standard InChI is InChI=1S/C20H18F2N4O2/c1-13-2-7-16(12-17(13)22)24-20(27)23-10-11-28-19-9-8-18(25-26-19)14-3-5-15(21)6-4-14/h2-9,12H,10-11H2,1H3,(H2,23,24,27). The number of benzene rings is 2. The molecule has 6 nitrogen and oxygen atoms in total. The van der Waals surface area contributed by atoms with Gasteiger partial charge in [-0.15, -0.1) is 10.2 Å². The predicted octanol–water partition coefficient (Wildman–Crippen LogP) is 3.93. The largest absolute Gasteiger partial charge is 0.475 e. The summed E-state index contributed by atoms with van der Waals surface area (Å²) >= 11 is 0. The summed E-state index contributed by atoms with van der Waals surface area (Å²) in [5, 5.41) is 13.1. The summed E-state index contributed by atoms with van der Waals surface area (Å²) in [5.74, 6) is -0.404. The van der Waals surface area contributed by atoms with Crippen molar-refractivity contribution in [1.82, 2.24) is 15.5 Å². The van der Waals surface area contributed by atoms with Gasteiger partial charge in [0.15, 0.2) is 0 Å². The molecule has 2 amide bonds. The molecule has 3 rings (SSSR count). The number of aromatic nitrogens is 2. The first-order chi connectivity index (χ1) is 13.5. The highest BCUT2D eigenvalue weighted by Gasteiger charge is 2.05. The Morgan fingerprint density at radius 3 is 2.50 bits per heavy atom. The zero-order chi connectivity index (χ0) is 19.9. The minimum absolute atomic E-state index is 0.181. The number of urea groups is 1. The van der Waals surface area contributed by atoms with E-state index in [1.54, 1.807) is 43.3 Å². The van der Waals surface area contributed by atoms with Crippen LogP contribution in [0.15, 0.2) is 54.6 Å². The molecule has 2 aromatic carbocycles. The van der Waals surface area contributed by atoms with Gasteiger partial charge in [0.1, 0.15) is 18.2 Å². The highest BCUT2D eigenvalue weighted by Crippen LogP contribution is 2.18. The van der Waals surface area contributed by atoms with Crippen molar-refractivity contribution in [2.45, 2.75) is 6.92 Å². The molecule has 0 aliphatic heterocycles. The monoisotopic (exact) mass is 384 g/mol. The third kappa shape index (κ3) is 5.23. The van der Waals surface area contributed by atoms with Crippen LogP contribution in [0.1, 0.15) is 5.56 Å². The molecule has 1 aromatic heterocycles. The normalized spacial score (nSPS) is 10.4. The van der Waals surface area contributed by atoms with Gasteiger partial charge < -0.3 is 15.4 Å². The lowest BCUT2D eigenvalue weighted by molar-refractivity contribution is 0.246. The number of hydrogen-bond acceptors (Lipinski definition) is 4. The average molecular weight is 384 g/mol. The summed E-state index contributed by atoms with van der Waals surface area (Å²) in [6.45, 7) is 2.05. The molecule has 3 aromatic rings. The highest BCUT2D eigenvalue weighted by atomic mass is 19.1. The topological polar surface area (TPSA) is 76.1 Å². The lowest BCUT2D eigenvalue weighted by Gasteiger charge is -2.09. The van der Waals surface area contributed by atoms with E-state index < -0.39 is 6.03 Å². The number of carbonyl (C=O) groups is 1.